The van der Waals surface area contributed by atoms with Crippen molar-refractivity contribution in [2.24, 2.45) is 0 Å². The summed E-state index contributed by atoms with van der Waals surface area (Å²) in [6.07, 6.45) is 0.905. The molecule has 0 radical (unpaired) electrons. The topological polar surface area (TPSA) is 64.0 Å². The van der Waals surface area contributed by atoms with Crippen LogP contribution in [0.1, 0.15) is 28.5 Å². The van der Waals surface area contributed by atoms with Crippen molar-refractivity contribution < 1.29 is 4.79 Å². The summed E-state index contributed by atoms with van der Waals surface area (Å²) in [6, 6.07) is 23.9. The Labute approximate surface area is 191 Å². The van der Waals surface area contributed by atoms with Crippen molar-refractivity contribution in [2.75, 3.05) is 5.32 Å². The molecule has 0 fully saturated rings. The quantitative estimate of drug-likeness (QED) is 0.431. The van der Waals surface area contributed by atoms with Crippen LogP contribution in [0.25, 0.3) is 16.8 Å². The molecule has 4 aromatic rings. The van der Waals surface area contributed by atoms with Gasteiger partial charge in [0.05, 0.1) is 21.8 Å². The standard InChI is InChI=1S/C26H22ClN3O2/c1-3-18-13-15-20(16-14-18)30-25(28-26(32)21-11-7-8-12-22(21)27)23(24(31)17(2)29-30)19-9-5-4-6-10-19/h4-16H,3H2,1-2H3,(H,28,32). The highest BCUT2D eigenvalue weighted by Gasteiger charge is 2.21. The van der Waals surface area contributed by atoms with Crippen LogP contribution in [0.15, 0.2) is 83.7 Å². The lowest BCUT2D eigenvalue weighted by molar-refractivity contribution is 0.102. The predicted octanol–water partition coefficient (Wildman–Crippen LogP) is 5.68. The fourth-order valence-corrected chi connectivity index (χ4v) is 3.73. The number of nitrogens with one attached hydrogen (secondary N) is 1. The first-order chi connectivity index (χ1) is 15.5. The number of aromatic nitrogens is 2. The van der Waals surface area contributed by atoms with E-state index in [4.69, 9.17) is 11.6 Å². The highest BCUT2D eigenvalue weighted by atomic mass is 35.5. The molecule has 0 bridgehead atoms. The van der Waals surface area contributed by atoms with Gasteiger partial charge in [-0.25, -0.2) is 4.68 Å². The maximum atomic E-state index is 13.2. The van der Waals surface area contributed by atoms with E-state index in [0.29, 0.717) is 33.2 Å². The smallest absolute Gasteiger partial charge is 0.258 e. The summed E-state index contributed by atoms with van der Waals surface area (Å²) < 4.78 is 1.60. The van der Waals surface area contributed by atoms with Gasteiger partial charge in [-0.3, -0.25) is 9.59 Å². The zero-order valence-corrected chi connectivity index (χ0v) is 18.6. The lowest BCUT2D eigenvalue weighted by atomic mass is 10.0. The summed E-state index contributed by atoms with van der Waals surface area (Å²) in [4.78, 5) is 26.4. The number of aryl methyl sites for hydroxylation is 2. The maximum Gasteiger partial charge on any atom is 0.258 e. The summed E-state index contributed by atoms with van der Waals surface area (Å²) in [5.41, 5.74) is 3.38. The fourth-order valence-electron chi connectivity index (χ4n) is 3.51. The summed E-state index contributed by atoms with van der Waals surface area (Å²) in [7, 11) is 0. The molecule has 0 saturated carbocycles. The molecule has 0 atom stereocenters. The minimum atomic E-state index is -0.420. The molecule has 1 amide bonds. The Morgan fingerprint density at radius 3 is 2.28 bits per heavy atom. The Kier molecular flexibility index (Phi) is 6.19. The van der Waals surface area contributed by atoms with Gasteiger partial charge < -0.3 is 5.32 Å². The number of carbonyl (C=O) groups excluding carboxylic acids is 1. The van der Waals surface area contributed by atoms with Gasteiger partial charge in [-0.1, -0.05) is 73.1 Å². The largest absolute Gasteiger partial charge is 0.306 e. The van der Waals surface area contributed by atoms with Crippen molar-refractivity contribution >= 4 is 23.3 Å². The van der Waals surface area contributed by atoms with Crippen molar-refractivity contribution in [3.8, 4) is 16.8 Å². The third kappa shape index (κ3) is 4.20. The molecule has 160 valence electrons. The number of anilines is 1. The summed E-state index contributed by atoms with van der Waals surface area (Å²) in [5.74, 6) is -0.127. The summed E-state index contributed by atoms with van der Waals surface area (Å²) >= 11 is 6.24. The first-order valence-corrected chi connectivity index (χ1v) is 10.7. The molecule has 0 spiro atoms. The Bertz CT molecular complexity index is 1330. The van der Waals surface area contributed by atoms with Crippen LogP contribution in [0.3, 0.4) is 0 Å². The van der Waals surface area contributed by atoms with E-state index in [1.807, 2.05) is 54.6 Å². The van der Waals surface area contributed by atoms with Crippen molar-refractivity contribution in [1.29, 1.82) is 0 Å². The average molecular weight is 444 g/mol. The van der Waals surface area contributed by atoms with Crippen LogP contribution in [-0.2, 0) is 6.42 Å². The van der Waals surface area contributed by atoms with Crippen LogP contribution in [0.4, 0.5) is 5.82 Å². The minimum Gasteiger partial charge on any atom is -0.306 e. The van der Waals surface area contributed by atoms with E-state index < -0.39 is 5.91 Å². The van der Waals surface area contributed by atoms with Gasteiger partial charge in [-0.15, -0.1) is 0 Å². The van der Waals surface area contributed by atoms with Crippen molar-refractivity contribution in [2.45, 2.75) is 20.3 Å². The van der Waals surface area contributed by atoms with Crippen LogP contribution >= 0.6 is 11.6 Å². The van der Waals surface area contributed by atoms with Crippen LogP contribution in [-0.4, -0.2) is 15.7 Å². The minimum absolute atomic E-state index is 0.243. The van der Waals surface area contributed by atoms with E-state index in [1.165, 1.54) is 5.56 Å². The normalized spacial score (nSPS) is 10.7. The number of benzene rings is 3. The predicted molar refractivity (Wildman–Crippen MR) is 129 cm³/mol. The van der Waals surface area contributed by atoms with Gasteiger partial charge in [0.25, 0.3) is 5.91 Å². The van der Waals surface area contributed by atoms with E-state index in [2.05, 4.69) is 17.3 Å². The summed E-state index contributed by atoms with van der Waals surface area (Å²) in [5, 5.41) is 7.74. The fraction of sp³-hybridized carbons (Fsp3) is 0.115. The third-order valence-electron chi connectivity index (χ3n) is 5.26. The van der Waals surface area contributed by atoms with Gasteiger partial charge in [0.1, 0.15) is 11.5 Å². The molecule has 0 aliphatic heterocycles. The number of nitrogens with zero attached hydrogens (tertiary/aromatic N) is 2. The molecule has 6 heteroatoms. The zero-order valence-electron chi connectivity index (χ0n) is 17.8. The van der Waals surface area contributed by atoms with Gasteiger partial charge in [-0.05, 0) is 48.7 Å². The Hall–Kier alpha value is -3.70. The molecule has 1 aromatic heterocycles. The van der Waals surface area contributed by atoms with Gasteiger partial charge in [0.2, 0.25) is 5.43 Å². The van der Waals surface area contributed by atoms with Crippen molar-refractivity contribution in [1.82, 2.24) is 9.78 Å². The zero-order chi connectivity index (χ0) is 22.7. The summed E-state index contributed by atoms with van der Waals surface area (Å²) in [6.45, 7) is 3.75. The van der Waals surface area contributed by atoms with Crippen LogP contribution < -0.4 is 10.7 Å². The molecule has 0 aliphatic rings. The van der Waals surface area contributed by atoms with Crippen LogP contribution in [0, 0.1) is 6.92 Å². The van der Waals surface area contributed by atoms with Gasteiger partial charge >= 0.3 is 0 Å². The number of hydrogen-bond donors (Lipinski definition) is 1. The Morgan fingerprint density at radius 1 is 0.969 bits per heavy atom. The van der Waals surface area contributed by atoms with E-state index >= 15 is 0 Å². The van der Waals surface area contributed by atoms with E-state index in [-0.39, 0.29) is 5.43 Å². The van der Waals surface area contributed by atoms with E-state index in [9.17, 15) is 9.59 Å². The highest BCUT2D eigenvalue weighted by Crippen LogP contribution is 2.28. The Balaban J connectivity index is 1.95. The van der Waals surface area contributed by atoms with Crippen LogP contribution in [0.2, 0.25) is 5.02 Å². The second-order valence-corrected chi connectivity index (χ2v) is 7.78. The molecule has 3 aromatic carbocycles. The van der Waals surface area contributed by atoms with Gasteiger partial charge in [-0.2, -0.15) is 5.10 Å². The van der Waals surface area contributed by atoms with E-state index in [0.717, 1.165) is 12.1 Å². The van der Waals surface area contributed by atoms with Crippen molar-refractivity contribution in [3.63, 3.8) is 0 Å². The lowest BCUT2D eigenvalue weighted by Crippen LogP contribution is -2.25. The molecule has 0 unspecified atom stereocenters. The molecule has 1 N–H and O–H groups in total. The molecular weight excluding hydrogens is 422 g/mol. The third-order valence-corrected chi connectivity index (χ3v) is 5.59. The molecule has 1 heterocycles. The number of amides is 1. The van der Waals surface area contributed by atoms with Gasteiger partial charge in [0.15, 0.2) is 0 Å². The SMILES string of the molecule is CCc1ccc(-n2nc(C)c(=O)c(-c3ccccc3)c2NC(=O)c2ccccc2Cl)cc1. The number of rotatable bonds is 5. The number of halogens is 1. The van der Waals surface area contributed by atoms with Crippen LogP contribution in [0.5, 0.6) is 0 Å². The highest BCUT2D eigenvalue weighted by molar-refractivity contribution is 6.34. The first-order valence-electron chi connectivity index (χ1n) is 10.3. The molecule has 0 aliphatic carbocycles. The molecule has 5 nitrogen and oxygen atoms in total. The second kappa shape index (κ2) is 9.20. The second-order valence-electron chi connectivity index (χ2n) is 7.37. The van der Waals surface area contributed by atoms with Gasteiger partial charge in [0, 0.05) is 0 Å². The number of carbonyl (C=O) groups is 1. The molecule has 32 heavy (non-hydrogen) atoms. The molecule has 0 saturated heterocycles. The van der Waals surface area contributed by atoms with Crippen molar-refractivity contribution in [3.05, 3.63) is 111 Å². The Morgan fingerprint density at radius 2 is 1.62 bits per heavy atom. The maximum absolute atomic E-state index is 13.2. The monoisotopic (exact) mass is 443 g/mol. The average Bonchev–Trinajstić information content (AvgIpc) is 2.82. The lowest BCUT2D eigenvalue weighted by Gasteiger charge is -2.19. The number of hydrogen-bond acceptors (Lipinski definition) is 3. The first kappa shape index (κ1) is 21.5. The van der Waals surface area contributed by atoms with E-state index in [1.54, 1.807) is 35.9 Å². The molecule has 4 rings (SSSR count). The molecular formula is C26H22ClN3O2.